The molecule has 5 nitrogen and oxygen atoms in total. The van der Waals surface area contributed by atoms with Gasteiger partial charge in [-0.1, -0.05) is 24.9 Å². The van der Waals surface area contributed by atoms with Crippen molar-refractivity contribution in [2.75, 3.05) is 6.61 Å². The summed E-state index contributed by atoms with van der Waals surface area (Å²) in [6, 6.07) is 0.620. The van der Waals surface area contributed by atoms with E-state index in [0.717, 1.165) is 6.42 Å². The molecule has 1 N–H and O–H groups in total. The van der Waals surface area contributed by atoms with Crippen LogP contribution in [0.5, 0.6) is 0 Å². The van der Waals surface area contributed by atoms with Crippen LogP contribution in [0.1, 0.15) is 63.8 Å². The number of nitrogens with one attached hydrogen (secondary N) is 1. The van der Waals surface area contributed by atoms with Crippen molar-refractivity contribution < 1.29 is 9.26 Å². The molecule has 18 heavy (non-hydrogen) atoms. The highest BCUT2D eigenvalue weighted by Gasteiger charge is 2.18. The SMILES string of the molecule is CCOC(CC)c1noc(CNC2CCCC2)n1. The highest BCUT2D eigenvalue weighted by Crippen LogP contribution is 2.19. The van der Waals surface area contributed by atoms with Gasteiger partial charge in [-0.15, -0.1) is 0 Å². The molecule has 1 aromatic heterocycles. The highest BCUT2D eigenvalue weighted by atomic mass is 16.5. The van der Waals surface area contributed by atoms with Crippen molar-refractivity contribution in [1.82, 2.24) is 15.5 Å². The fourth-order valence-electron chi connectivity index (χ4n) is 2.41. The minimum Gasteiger partial charge on any atom is -0.370 e. The largest absolute Gasteiger partial charge is 0.370 e. The lowest BCUT2D eigenvalue weighted by Gasteiger charge is -2.09. The van der Waals surface area contributed by atoms with Crippen LogP contribution in [0, 0.1) is 0 Å². The van der Waals surface area contributed by atoms with E-state index in [1.54, 1.807) is 0 Å². The summed E-state index contributed by atoms with van der Waals surface area (Å²) in [4.78, 5) is 4.40. The van der Waals surface area contributed by atoms with Crippen LogP contribution >= 0.6 is 0 Å². The average molecular weight is 253 g/mol. The lowest BCUT2D eigenvalue weighted by atomic mass is 10.2. The average Bonchev–Trinajstić information content (AvgIpc) is 3.04. The lowest BCUT2D eigenvalue weighted by Crippen LogP contribution is -2.25. The molecule has 0 saturated heterocycles. The molecule has 0 bridgehead atoms. The standard InChI is InChI=1S/C13H23N3O2/c1-3-11(17-4-2)13-15-12(18-16-13)9-14-10-7-5-6-8-10/h10-11,14H,3-9H2,1-2H3. The van der Waals surface area contributed by atoms with Crippen molar-refractivity contribution in [3.63, 3.8) is 0 Å². The molecule has 1 saturated carbocycles. The Morgan fingerprint density at radius 1 is 1.39 bits per heavy atom. The molecule has 102 valence electrons. The fourth-order valence-corrected chi connectivity index (χ4v) is 2.41. The van der Waals surface area contributed by atoms with Gasteiger partial charge in [-0.2, -0.15) is 4.98 Å². The van der Waals surface area contributed by atoms with E-state index in [4.69, 9.17) is 9.26 Å². The molecule has 0 amide bonds. The molecule has 1 fully saturated rings. The summed E-state index contributed by atoms with van der Waals surface area (Å²) in [6.07, 6.45) is 6.00. The first-order chi connectivity index (χ1) is 8.83. The van der Waals surface area contributed by atoms with Gasteiger partial charge in [0, 0.05) is 12.6 Å². The summed E-state index contributed by atoms with van der Waals surface area (Å²) in [7, 11) is 0. The highest BCUT2D eigenvalue weighted by molar-refractivity contribution is 4.91. The Morgan fingerprint density at radius 3 is 2.83 bits per heavy atom. The van der Waals surface area contributed by atoms with Crippen LogP contribution in [0.25, 0.3) is 0 Å². The van der Waals surface area contributed by atoms with Gasteiger partial charge < -0.3 is 14.6 Å². The smallest absolute Gasteiger partial charge is 0.240 e. The Morgan fingerprint density at radius 2 is 2.17 bits per heavy atom. The molecule has 0 radical (unpaired) electrons. The van der Waals surface area contributed by atoms with Crippen molar-refractivity contribution in [2.24, 2.45) is 0 Å². The molecule has 1 aliphatic rings. The van der Waals surface area contributed by atoms with Gasteiger partial charge in [0.1, 0.15) is 6.10 Å². The second kappa shape index (κ2) is 6.85. The molecule has 1 aliphatic carbocycles. The third-order valence-electron chi connectivity index (χ3n) is 3.41. The zero-order valence-corrected chi connectivity index (χ0v) is 11.3. The van der Waals surface area contributed by atoms with E-state index in [1.165, 1.54) is 25.7 Å². The topological polar surface area (TPSA) is 60.2 Å². The summed E-state index contributed by atoms with van der Waals surface area (Å²) < 4.78 is 10.8. The quantitative estimate of drug-likeness (QED) is 0.809. The molecule has 1 aromatic rings. The first-order valence-electron chi connectivity index (χ1n) is 7.01. The van der Waals surface area contributed by atoms with E-state index in [9.17, 15) is 0 Å². The third-order valence-corrected chi connectivity index (χ3v) is 3.41. The first-order valence-corrected chi connectivity index (χ1v) is 7.01. The third kappa shape index (κ3) is 3.53. The normalized spacial score (nSPS) is 18.3. The number of hydrogen-bond acceptors (Lipinski definition) is 5. The molecule has 1 atom stereocenters. The number of ether oxygens (including phenoxy) is 1. The number of rotatable bonds is 7. The Hall–Kier alpha value is -0.940. The van der Waals surface area contributed by atoms with E-state index < -0.39 is 0 Å². The molecule has 0 aromatic carbocycles. The van der Waals surface area contributed by atoms with Gasteiger partial charge in [-0.05, 0) is 26.2 Å². The van der Waals surface area contributed by atoms with Crippen LogP contribution in [-0.4, -0.2) is 22.8 Å². The van der Waals surface area contributed by atoms with Gasteiger partial charge in [0.2, 0.25) is 11.7 Å². The zero-order valence-electron chi connectivity index (χ0n) is 11.3. The molecule has 0 spiro atoms. The van der Waals surface area contributed by atoms with E-state index in [-0.39, 0.29) is 6.10 Å². The number of hydrogen-bond donors (Lipinski definition) is 1. The van der Waals surface area contributed by atoms with Gasteiger partial charge in [-0.3, -0.25) is 0 Å². The molecule has 5 heteroatoms. The van der Waals surface area contributed by atoms with Crippen molar-refractivity contribution in [3.8, 4) is 0 Å². The van der Waals surface area contributed by atoms with E-state index in [2.05, 4.69) is 22.4 Å². The Balaban J connectivity index is 1.84. The van der Waals surface area contributed by atoms with E-state index in [1.807, 2.05) is 6.92 Å². The Labute approximate surface area is 108 Å². The van der Waals surface area contributed by atoms with Gasteiger partial charge in [0.25, 0.3) is 0 Å². The summed E-state index contributed by atoms with van der Waals surface area (Å²) in [5, 5.41) is 7.46. The maximum Gasteiger partial charge on any atom is 0.240 e. The van der Waals surface area contributed by atoms with Crippen molar-refractivity contribution in [3.05, 3.63) is 11.7 Å². The maximum absolute atomic E-state index is 5.56. The molecular formula is C13H23N3O2. The second-order valence-corrected chi connectivity index (χ2v) is 4.76. The van der Waals surface area contributed by atoms with Crippen LogP contribution in [-0.2, 0) is 11.3 Å². The molecule has 1 heterocycles. The van der Waals surface area contributed by atoms with Crippen molar-refractivity contribution >= 4 is 0 Å². The summed E-state index contributed by atoms with van der Waals surface area (Å²) >= 11 is 0. The zero-order chi connectivity index (χ0) is 12.8. The van der Waals surface area contributed by atoms with Crippen LogP contribution in [0.2, 0.25) is 0 Å². The summed E-state index contributed by atoms with van der Waals surface area (Å²) in [5.41, 5.74) is 0. The van der Waals surface area contributed by atoms with Crippen molar-refractivity contribution in [2.45, 2.75) is 64.6 Å². The molecule has 1 unspecified atom stereocenters. The maximum atomic E-state index is 5.56. The molecule has 0 aliphatic heterocycles. The minimum absolute atomic E-state index is 0.0426. The van der Waals surface area contributed by atoms with Crippen LogP contribution in [0.15, 0.2) is 4.52 Å². The van der Waals surface area contributed by atoms with Crippen LogP contribution in [0.3, 0.4) is 0 Å². The molecule has 2 rings (SSSR count). The Bertz CT molecular complexity index is 348. The Kier molecular flexibility index (Phi) is 5.13. The van der Waals surface area contributed by atoms with Crippen LogP contribution < -0.4 is 5.32 Å². The van der Waals surface area contributed by atoms with E-state index >= 15 is 0 Å². The van der Waals surface area contributed by atoms with Gasteiger partial charge in [-0.25, -0.2) is 0 Å². The van der Waals surface area contributed by atoms with Gasteiger partial charge >= 0.3 is 0 Å². The van der Waals surface area contributed by atoms with Gasteiger partial charge in [0.15, 0.2) is 0 Å². The van der Waals surface area contributed by atoms with Crippen molar-refractivity contribution in [1.29, 1.82) is 0 Å². The predicted octanol–water partition coefficient (Wildman–Crippen LogP) is 2.59. The number of aromatic nitrogens is 2. The number of nitrogens with zero attached hydrogens (tertiary/aromatic N) is 2. The van der Waals surface area contributed by atoms with Crippen LogP contribution in [0.4, 0.5) is 0 Å². The first kappa shape index (κ1) is 13.5. The minimum atomic E-state index is -0.0426. The predicted molar refractivity (Wildman–Crippen MR) is 68.1 cm³/mol. The summed E-state index contributed by atoms with van der Waals surface area (Å²) in [6.45, 7) is 5.38. The van der Waals surface area contributed by atoms with Gasteiger partial charge in [0.05, 0.1) is 6.54 Å². The molecular weight excluding hydrogens is 230 g/mol. The lowest BCUT2D eigenvalue weighted by molar-refractivity contribution is 0.0518. The fraction of sp³-hybridized carbons (Fsp3) is 0.846. The van der Waals surface area contributed by atoms with E-state index in [0.29, 0.717) is 30.9 Å². The monoisotopic (exact) mass is 253 g/mol. The summed E-state index contributed by atoms with van der Waals surface area (Å²) in [5.74, 6) is 1.33. The second-order valence-electron chi connectivity index (χ2n) is 4.76.